The average Bonchev–Trinajstić information content (AvgIpc) is 3.34. The molecule has 1 aliphatic heterocycles. The predicted octanol–water partition coefficient (Wildman–Crippen LogP) is 3.36. The second kappa shape index (κ2) is 7.79. The number of carbonyl (C=O) groups is 3. The lowest BCUT2D eigenvalue weighted by Gasteiger charge is -2.12. The van der Waals surface area contributed by atoms with E-state index in [1.54, 1.807) is 0 Å². The second-order valence-corrected chi connectivity index (χ2v) is 7.76. The number of ketones is 1. The number of aromatic nitrogens is 2. The fourth-order valence-electron chi connectivity index (χ4n) is 3.96. The van der Waals surface area contributed by atoms with Crippen LogP contribution in [0.1, 0.15) is 40.7 Å². The van der Waals surface area contributed by atoms with Gasteiger partial charge < -0.3 is 9.84 Å². The van der Waals surface area contributed by atoms with Crippen molar-refractivity contribution in [2.75, 3.05) is 6.54 Å². The summed E-state index contributed by atoms with van der Waals surface area (Å²) in [6, 6.07) is 12.6. The van der Waals surface area contributed by atoms with Crippen LogP contribution in [0.25, 0.3) is 22.8 Å². The Balaban J connectivity index is 1.35. The van der Waals surface area contributed by atoms with Crippen LogP contribution in [-0.2, 0) is 17.8 Å². The van der Waals surface area contributed by atoms with Gasteiger partial charge in [-0.3, -0.25) is 14.5 Å². The molecule has 3 aromatic rings. The highest BCUT2D eigenvalue weighted by atomic mass is 16.5. The number of carbonyl (C=O) groups excluding carboxylic acids is 3. The Kier molecular flexibility index (Phi) is 4.82. The van der Waals surface area contributed by atoms with Gasteiger partial charge in [0.2, 0.25) is 11.7 Å². The molecule has 156 valence electrons. The quantitative estimate of drug-likeness (QED) is 0.516. The van der Waals surface area contributed by atoms with Gasteiger partial charge in [-0.15, -0.1) is 0 Å². The molecule has 1 aliphatic carbocycles. The predicted molar refractivity (Wildman–Crippen MR) is 111 cm³/mol. The zero-order chi connectivity index (χ0) is 21.4. The van der Waals surface area contributed by atoms with Crippen molar-refractivity contribution < 1.29 is 18.9 Å². The van der Waals surface area contributed by atoms with Crippen molar-refractivity contribution in [3.63, 3.8) is 0 Å². The number of aryl methyl sites for hydroxylation is 1. The summed E-state index contributed by atoms with van der Waals surface area (Å²) < 4.78 is 5.47. The van der Waals surface area contributed by atoms with Gasteiger partial charge in [-0.1, -0.05) is 35.5 Å². The summed E-state index contributed by atoms with van der Waals surface area (Å²) in [6.45, 7) is 0.260. The van der Waals surface area contributed by atoms with E-state index in [2.05, 4.69) is 15.5 Å². The number of nitrogens with zero attached hydrogens (tertiary/aromatic N) is 3. The van der Waals surface area contributed by atoms with Crippen LogP contribution in [0.15, 0.2) is 47.0 Å². The smallest absolute Gasteiger partial charge is 0.324 e. The molecule has 2 aliphatic rings. The molecule has 31 heavy (non-hydrogen) atoms. The third-order valence-electron chi connectivity index (χ3n) is 5.67. The maximum Gasteiger partial charge on any atom is 0.324 e. The van der Waals surface area contributed by atoms with Gasteiger partial charge in [0.1, 0.15) is 0 Å². The van der Waals surface area contributed by atoms with E-state index in [4.69, 9.17) is 4.52 Å². The fourth-order valence-corrected chi connectivity index (χ4v) is 3.96. The molecule has 8 heteroatoms. The molecule has 1 aromatic heterocycles. The van der Waals surface area contributed by atoms with Crippen LogP contribution in [-0.4, -0.2) is 39.3 Å². The van der Waals surface area contributed by atoms with Crippen LogP contribution in [0, 0.1) is 0 Å². The summed E-state index contributed by atoms with van der Waals surface area (Å²) in [5, 5.41) is 6.59. The SMILES string of the molecule is O=C1CCCCc2cc(-c3nc(-c4ccc(CN5C(=O)CNC5=O)cc4)no3)ccc21. The molecule has 0 spiro atoms. The minimum atomic E-state index is -0.376. The van der Waals surface area contributed by atoms with Gasteiger partial charge in [0.05, 0.1) is 13.1 Å². The van der Waals surface area contributed by atoms with Gasteiger partial charge in [-0.25, -0.2) is 4.79 Å². The molecule has 8 nitrogen and oxygen atoms in total. The highest BCUT2D eigenvalue weighted by molar-refractivity contribution is 6.01. The second-order valence-electron chi connectivity index (χ2n) is 7.76. The fraction of sp³-hybridized carbons (Fsp3) is 0.261. The number of amides is 3. The maximum absolute atomic E-state index is 12.2. The van der Waals surface area contributed by atoms with Crippen LogP contribution in [0.3, 0.4) is 0 Å². The number of imide groups is 1. The van der Waals surface area contributed by atoms with Gasteiger partial charge in [0.25, 0.3) is 5.89 Å². The monoisotopic (exact) mass is 416 g/mol. The minimum Gasteiger partial charge on any atom is -0.334 e. The standard InChI is InChI=1S/C23H20N4O4/c28-19-4-2-1-3-16-11-17(9-10-18(16)19)22-25-21(26-31-22)15-7-5-14(6-8-15)13-27-20(29)12-24-23(27)30/h5-11H,1-4,12-13H2,(H,24,30). The van der Waals surface area contributed by atoms with Crippen molar-refractivity contribution in [3.05, 3.63) is 59.2 Å². The molecule has 0 bridgehead atoms. The lowest BCUT2D eigenvalue weighted by atomic mass is 9.99. The van der Waals surface area contributed by atoms with E-state index in [9.17, 15) is 14.4 Å². The Morgan fingerprint density at radius 3 is 2.52 bits per heavy atom. The van der Waals surface area contributed by atoms with Crippen molar-refractivity contribution in [3.8, 4) is 22.8 Å². The van der Waals surface area contributed by atoms with E-state index in [1.807, 2.05) is 42.5 Å². The average molecular weight is 416 g/mol. The largest absolute Gasteiger partial charge is 0.334 e. The minimum absolute atomic E-state index is 0.0411. The maximum atomic E-state index is 12.2. The number of nitrogens with one attached hydrogen (secondary N) is 1. The van der Waals surface area contributed by atoms with E-state index >= 15 is 0 Å². The number of fused-ring (bicyclic) bond motifs is 1. The summed E-state index contributed by atoms with van der Waals surface area (Å²) >= 11 is 0. The molecule has 2 heterocycles. The van der Waals surface area contributed by atoms with E-state index < -0.39 is 0 Å². The van der Waals surface area contributed by atoms with Gasteiger partial charge in [-0.2, -0.15) is 4.98 Å². The van der Waals surface area contributed by atoms with E-state index in [-0.39, 0.29) is 30.8 Å². The van der Waals surface area contributed by atoms with Crippen molar-refractivity contribution in [1.82, 2.24) is 20.4 Å². The molecule has 0 unspecified atom stereocenters. The Labute approximate surface area is 178 Å². The first kappa shape index (κ1) is 19.2. The highest BCUT2D eigenvalue weighted by Crippen LogP contribution is 2.28. The van der Waals surface area contributed by atoms with E-state index in [1.165, 1.54) is 4.90 Å². The lowest BCUT2D eigenvalue weighted by Crippen LogP contribution is -2.30. The van der Waals surface area contributed by atoms with Crippen LogP contribution in [0.5, 0.6) is 0 Å². The number of urea groups is 1. The first-order valence-corrected chi connectivity index (χ1v) is 10.3. The Morgan fingerprint density at radius 1 is 0.968 bits per heavy atom. The Morgan fingerprint density at radius 2 is 1.74 bits per heavy atom. The first-order valence-electron chi connectivity index (χ1n) is 10.3. The van der Waals surface area contributed by atoms with Gasteiger partial charge in [0, 0.05) is 23.1 Å². The normalized spacial score (nSPS) is 16.3. The Bertz CT molecular complexity index is 1170. The molecule has 0 atom stereocenters. The van der Waals surface area contributed by atoms with Crippen LogP contribution in [0.2, 0.25) is 0 Å². The lowest BCUT2D eigenvalue weighted by molar-refractivity contribution is -0.125. The summed E-state index contributed by atoms with van der Waals surface area (Å²) in [5.74, 6) is 0.804. The van der Waals surface area contributed by atoms with Crippen LogP contribution < -0.4 is 5.32 Å². The zero-order valence-electron chi connectivity index (χ0n) is 16.8. The summed E-state index contributed by atoms with van der Waals surface area (Å²) in [4.78, 5) is 41.3. The third-order valence-corrected chi connectivity index (χ3v) is 5.67. The van der Waals surface area contributed by atoms with Gasteiger partial charge in [-0.05, 0) is 42.5 Å². The molecule has 0 saturated carbocycles. The molecule has 2 aromatic carbocycles. The summed E-state index contributed by atoms with van der Waals surface area (Å²) in [5.41, 5.74) is 4.21. The molecule has 1 N–H and O–H groups in total. The highest BCUT2D eigenvalue weighted by Gasteiger charge is 2.28. The number of Topliss-reactive ketones (excluding diaryl/α,β-unsaturated/α-hetero) is 1. The first-order chi connectivity index (χ1) is 15.1. The number of benzene rings is 2. The third kappa shape index (κ3) is 3.72. The summed E-state index contributed by atoms with van der Waals surface area (Å²) in [6.07, 6.45) is 3.38. The Hall–Kier alpha value is -3.81. The van der Waals surface area contributed by atoms with Crippen molar-refractivity contribution >= 4 is 17.7 Å². The number of hydrogen-bond acceptors (Lipinski definition) is 6. The summed E-state index contributed by atoms with van der Waals surface area (Å²) in [7, 11) is 0. The van der Waals surface area contributed by atoms with E-state index in [0.717, 1.165) is 47.1 Å². The zero-order valence-corrected chi connectivity index (χ0v) is 16.8. The molecule has 0 radical (unpaired) electrons. The molecular weight excluding hydrogens is 396 g/mol. The van der Waals surface area contributed by atoms with Gasteiger partial charge in [0.15, 0.2) is 5.78 Å². The molecule has 5 rings (SSSR count). The van der Waals surface area contributed by atoms with Crippen molar-refractivity contribution in [2.24, 2.45) is 0 Å². The van der Waals surface area contributed by atoms with Crippen molar-refractivity contribution in [2.45, 2.75) is 32.2 Å². The topological polar surface area (TPSA) is 105 Å². The molecule has 3 amide bonds. The molecular formula is C23H20N4O4. The van der Waals surface area contributed by atoms with E-state index in [0.29, 0.717) is 18.1 Å². The van der Waals surface area contributed by atoms with Crippen LogP contribution in [0.4, 0.5) is 4.79 Å². The molecule has 1 fully saturated rings. The van der Waals surface area contributed by atoms with Gasteiger partial charge >= 0.3 is 6.03 Å². The van der Waals surface area contributed by atoms with Crippen LogP contribution >= 0.6 is 0 Å². The van der Waals surface area contributed by atoms with Crippen molar-refractivity contribution in [1.29, 1.82) is 0 Å². The molecule has 1 saturated heterocycles. The number of rotatable bonds is 4. The number of hydrogen-bond donors (Lipinski definition) is 1.